The highest BCUT2D eigenvalue weighted by Crippen LogP contribution is 2.36. The van der Waals surface area contributed by atoms with E-state index in [1.165, 1.54) is 0 Å². The summed E-state index contributed by atoms with van der Waals surface area (Å²) < 4.78 is 21.8. The van der Waals surface area contributed by atoms with Gasteiger partial charge in [-0.2, -0.15) is 0 Å². The van der Waals surface area contributed by atoms with E-state index in [-0.39, 0.29) is 0 Å². The molecule has 27 heavy (non-hydrogen) atoms. The lowest BCUT2D eigenvalue weighted by atomic mass is 10.2. The van der Waals surface area contributed by atoms with E-state index >= 15 is 0 Å². The van der Waals surface area contributed by atoms with Gasteiger partial charge in [0.25, 0.3) is 0 Å². The molecule has 0 aromatic heterocycles. The van der Waals surface area contributed by atoms with Gasteiger partial charge in [-0.25, -0.2) is 9.59 Å². The molecule has 9 heteroatoms. The molecule has 0 unspecified atom stereocenters. The van der Waals surface area contributed by atoms with Gasteiger partial charge in [0.15, 0.2) is 11.5 Å². The minimum atomic E-state index is -1.82. The van der Waals surface area contributed by atoms with Gasteiger partial charge in [0.05, 0.1) is 34.0 Å². The zero-order valence-corrected chi connectivity index (χ0v) is 15.7. The molecule has 152 valence electrons. The molecule has 0 saturated carbocycles. The number of carbonyl (C=O) groups is 2. The van der Waals surface area contributed by atoms with Crippen LogP contribution in [0.3, 0.4) is 0 Å². The topological polar surface area (TPSA) is 115 Å². The van der Waals surface area contributed by atoms with Crippen molar-refractivity contribution in [3.63, 3.8) is 0 Å². The van der Waals surface area contributed by atoms with Gasteiger partial charge in [-0.1, -0.05) is 6.07 Å². The van der Waals surface area contributed by atoms with Crippen LogP contribution in [0.15, 0.2) is 18.2 Å². The number of benzene rings is 1. The first kappa shape index (κ1) is 22.5. The van der Waals surface area contributed by atoms with Crippen LogP contribution in [0.4, 0.5) is 0 Å². The van der Waals surface area contributed by atoms with Crippen molar-refractivity contribution in [2.75, 3.05) is 53.7 Å². The minimum absolute atomic E-state index is 0.668. The van der Waals surface area contributed by atoms with Gasteiger partial charge in [-0.05, 0) is 31.5 Å². The van der Waals surface area contributed by atoms with Crippen LogP contribution in [-0.4, -0.2) is 80.7 Å². The molecule has 1 saturated heterocycles. The first-order chi connectivity index (χ1) is 13.0. The summed E-state index contributed by atoms with van der Waals surface area (Å²) in [5, 5.41) is 14.8. The Kier molecular flexibility index (Phi) is 10.7. The third-order valence-electron chi connectivity index (χ3n) is 3.78. The monoisotopic (exact) mass is 385 g/mol. The fourth-order valence-electron chi connectivity index (χ4n) is 2.40. The third-order valence-corrected chi connectivity index (χ3v) is 3.78. The van der Waals surface area contributed by atoms with Gasteiger partial charge >= 0.3 is 11.9 Å². The molecule has 0 radical (unpaired) electrons. The average Bonchev–Trinajstić information content (AvgIpc) is 2.68. The van der Waals surface area contributed by atoms with Crippen LogP contribution in [0, 0.1) is 0 Å². The van der Waals surface area contributed by atoms with Gasteiger partial charge in [0.2, 0.25) is 5.75 Å². The molecule has 1 fully saturated rings. The summed E-state index contributed by atoms with van der Waals surface area (Å²) in [4.78, 5) is 20.6. The number of ether oxygens (including phenoxy) is 4. The van der Waals surface area contributed by atoms with E-state index in [9.17, 15) is 0 Å². The molecule has 2 N–H and O–H groups in total. The van der Waals surface area contributed by atoms with Crippen molar-refractivity contribution in [3.8, 4) is 17.2 Å². The molecule has 1 aliphatic heterocycles. The predicted molar refractivity (Wildman–Crippen MR) is 96.8 cm³/mol. The van der Waals surface area contributed by atoms with Crippen molar-refractivity contribution in [1.29, 1.82) is 0 Å². The summed E-state index contributed by atoms with van der Waals surface area (Å²) in [7, 11) is 3.28. The summed E-state index contributed by atoms with van der Waals surface area (Å²) >= 11 is 0. The number of hydrogen-bond donors (Lipinski definition) is 2. The quantitative estimate of drug-likeness (QED) is 0.505. The van der Waals surface area contributed by atoms with Gasteiger partial charge in [0.1, 0.15) is 0 Å². The van der Waals surface area contributed by atoms with Crippen LogP contribution in [-0.2, 0) is 14.3 Å². The highest BCUT2D eigenvalue weighted by Gasteiger charge is 2.12. The van der Waals surface area contributed by atoms with Crippen molar-refractivity contribution >= 4 is 11.9 Å². The number of aliphatic carboxylic acids is 2. The molecule has 0 bridgehead atoms. The molecule has 2 rings (SSSR count). The zero-order valence-electron chi connectivity index (χ0n) is 15.7. The Balaban J connectivity index is 0.000000527. The van der Waals surface area contributed by atoms with Crippen LogP contribution in [0.25, 0.3) is 0 Å². The normalized spacial score (nSPS) is 13.9. The number of methoxy groups -OCH3 is 2. The Bertz CT molecular complexity index is 552. The summed E-state index contributed by atoms with van der Waals surface area (Å²) in [6.45, 7) is 5.57. The number of unbranched alkanes of at least 4 members (excludes halogenated alkanes) is 1. The molecule has 0 spiro atoms. The van der Waals surface area contributed by atoms with Gasteiger partial charge in [-0.15, -0.1) is 0 Å². The number of rotatable bonds is 8. The van der Waals surface area contributed by atoms with E-state index < -0.39 is 11.9 Å². The lowest BCUT2D eigenvalue weighted by Crippen LogP contribution is -2.36. The lowest BCUT2D eigenvalue weighted by molar-refractivity contribution is -0.159. The molecule has 1 aliphatic rings. The molecule has 1 heterocycles. The SMILES string of the molecule is COc1cccc(OC)c1OCCCCN1CCOCC1.O=C(O)C(=O)O. The Morgan fingerprint density at radius 3 is 2.07 bits per heavy atom. The largest absolute Gasteiger partial charge is 0.493 e. The van der Waals surface area contributed by atoms with E-state index in [4.69, 9.17) is 38.7 Å². The first-order valence-corrected chi connectivity index (χ1v) is 8.59. The summed E-state index contributed by atoms with van der Waals surface area (Å²) in [5.74, 6) is -1.54. The van der Waals surface area contributed by atoms with Crippen LogP contribution in [0.1, 0.15) is 12.8 Å². The van der Waals surface area contributed by atoms with Gasteiger partial charge in [0, 0.05) is 13.1 Å². The van der Waals surface area contributed by atoms with Crippen LogP contribution >= 0.6 is 0 Å². The van der Waals surface area contributed by atoms with E-state index in [0.717, 1.165) is 45.7 Å². The van der Waals surface area contributed by atoms with E-state index in [1.54, 1.807) is 14.2 Å². The number of carboxylic acid groups (broad SMARTS) is 2. The van der Waals surface area contributed by atoms with Crippen molar-refractivity contribution in [2.45, 2.75) is 12.8 Å². The van der Waals surface area contributed by atoms with Crippen molar-refractivity contribution in [1.82, 2.24) is 4.90 Å². The molecule has 1 aromatic carbocycles. The molecule has 0 amide bonds. The molecule has 0 atom stereocenters. The highest BCUT2D eigenvalue weighted by molar-refractivity contribution is 6.27. The van der Waals surface area contributed by atoms with Crippen LogP contribution in [0.2, 0.25) is 0 Å². The fraction of sp³-hybridized carbons (Fsp3) is 0.556. The van der Waals surface area contributed by atoms with E-state index in [2.05, 4.69) is 4.90 Å². The maximum absolute atomic E-state index is 9.10. The van der Waals surface area contributed by atoms with Gasteiger partial charge < -0.3 is 29.2 Å². The standard InChI is InChI=1S/C16H25NO4.C2H2O4/c1-18-14-6-5-7-15(19-2)16(14)21-11-4-3-8-17-9-12-20-13-10-17;3-1(4)2(5)6/h5-7H,3-4,8-13H2,1-2H3;(H,3,4)(H,5,6). The smallest absolute Gasteiger partial charge is 0.414 e. The molecular formula is C18H27NO8. The predicted octanol–water partition coefficient (Wildman–Crippen LogP) is 1.35. The summed E-state index contributed by atoms with van der Waals surface area (Å²) in [6, 6.07) is 5.65. The fourth-order valence-corrected chi connectivity index (χ4v) is 2.40. The van der Waals surface area contributed by atoms with Crippen LogP contribution < -0.4 is 14.2 Å². The second-order valence-corrected chi connectivity index (χ2v) is 5.61. The number of carboxylic acids is 2. The van der Waals surface area contributed by atoms with Gasteiger partial charge in [-0.3, -0.25) is 4.90 Å². The maximum Gasteiger partial charge on any atom is 0.414 e. The third kappa shape index (κ3) is 8.61. The molecule has 9 nitrogen and oxygen atoms in total. The Morgan fingerprint density at radius 1 is 1.04 bits per heavy atom. The average molecular weight is 385 g/mol. The second-order valence-electron chi connectivity index (χ2n) is 5.61. The number of para-hydroxylation sites is 1. The summed E-state index contributed by atoms with van der Waals surface area (Å²) in [6.07, 6.45) is 2.13. The zero-order chi connectivity index (χ0) is 20.1. The Hall–Kier alpha value is -2.52. The molecule has 0 aliphatic carbocycles. The van der Waals surface area contributed by atoms with Crippen molar-refractivity contribution in [3.05, 3.63) is 18.2 Å². The number of nitrogens with zero attached hydrogens (tertiary/aromatic N) is 1. The first-order valence-electron chi connectivity index (χ1n) is 8.59. The highest BCUT2D eigenvalue weighted by atomic mass is 16.5. The minimum Gasteiger partial charge on any atom is -0.493 e. The maximum atomic E-state index is 9.10. The van der Waals surface area contributed by atoms with Crippen molar-refractivity contribution in [2.24, 2.45) is 0 Å². The number of morpholine rings is 1. The molecule has 1 aromatic rings. The molecular weight excluding hydrogens is 358 g/mol. The van der Waals surface area contributed by atoms with Crippen LogP contribution in [0.5, 0.6) is 17.2 Å². The summed E-state index contributed by atoms with van der Waals surface area (Å²) in [5.41, 5.74) is 0. The Morgan fingerprint density at radius 2 is 1.59 bits per heavy atom. The second kappa shape index (κ2) is 12.8. The van der Waals surface area contributed by atoms with E-state index in [1.807, 2.05) is 18.2 Å². The Labute approximate surface area is 158 Å². The number of hydrogen-bond acceptors (Lipinski definition) is 7. The van der Waals surface area contributed by atoms with E-state index in [0.29, 0.717) is 23.9 Å². The van der Waals surface area contributed by atoms with Crippen molar-refractivity contribution < 1.29 is 38.7 Å². The lowest BCUT2D eigenvalue weighted by Gasteiger charge is -2.26.